The highest BCUT2D eigenvalue weighted by Crippen LogP contribution is 2.43. The highest BCUT2D eigenvalue weighted by Gasteiger charge is 2.36. The Balaban J connectivity index is 1.73. The molecular formula is C15H25N3O2S. The lowest BCUT2D eigenvalue weighted by Gasteiger charge is -2.42. The van der Waals surface area contributed by atoms with E-state index in [-0.39, 0.29) is 11.4 Å². The van der Waals surface area contributed by atoms with Crippen LogP contribution in [0.3, 0.4) is 0 Å². The summed E-state index contributed by atoms with van der Waals surface area (Å²) in [5.74, 6) is 0. The van der Waals surface area contributed by atoms with Crippen molar-refractivity contribution in [3.8, 4) is 0 Å². The fourth-order valence-electron chi connectivity index (χ4n) is 2.74. The highest BCUT2D eigenvalue weighted by atomic mass is 32.1. The van der Waals surface area contributed by atoms with Gasteiger partial charge in [-0.05, 0) is 38.5 Å². The van der Waals surface area contributed by atoms with Crippen LogP contribution in [0.15, 0.2) is 0 Å². The molecule has 1 heterocycles. The fraction of sp³-hybridized carbons (Fsp3) is 0.733. The molecule has 2 amide bonds. The molecule has 21 heavy (non-hydrogen) atoms. The van der Waals surface area contributed by atoms with Gasteiger partial charge < -0.3 is 15.4 Å². The Hall–Kier alpha value is -1.14. The van der Waals surface area contributed by atoms with E-state index in [9.17, 15) is 4.79 Å². The number of nitrogens with zero attached hydrogens (tertiary/aromatic N) is 1. The topological polar surface area (TPSA) is 63.2 Å². The standard InChI is InChI=1S/C15H25N3O2S/c1-11-13(21-12(2)18-11)9-16-14(19)17-10-15(5-4-6-15)7-8-20-3/h4-10H2,1-3H3,(H2,16,17,19). The fourth-order valence-corrected chi connectivity index (χ4v) is 3.62. The van der Waals surface area contributed by atoms with Crippen LogP contribution in [0.1, 0.15) is 41.3 Å². The Bertz CT molecular complexity index is 483. The summed E-state index contributed by atoms with van der Waals surface area (Å²) in [6, 6.07) is -0.0934. The summed E-state index contributed by atoms with van der Waals surface area (Å²) in [6.07, 6.45) is 4.65. The molecule has 1 fully saturated rings. The Labute approximate surface area is 130 Å². The number of amides is 2. The Kier molecular flexibility index (Phi) is 5.58. The van der Waals surface area contributed by atoms with E-state index in [1.54, 1.807) is 18.4 Å². The summed E-state index contributed by atoms with van der Waals surface area (Å²) in [7, 11) is 1.73. The van der Waals surface area contributed by atoms with Crippen LogP contribution in [-0.4, -0.2) is 31.3 Å². The first kappa shape index (κ1) is 16.2. The number of aryl methyl sites for hydroxylation is 2. The van der Waals surface area contributed by atoms with Crippen LogP contribution in [-0.2, 0) is 11.3 Å². The van der Waals surface area contributed by atoms with E-state index in [1.807, 2.05) is 13.8 Å². The Morgan fingerprint density at radius 2 is 2.14 bits per heavy atom. The molecule has 0 bridgehead atoms. The van der Waals surface area contributed by atoms with Gasteiger partial charge in [0, 0.05) is 25.1 Å². The van der Waals surface area contributed by atoms with Gasteiger partial charge in [0.15, 0.2) is 0 Å². The van der Waals surface area contributed by atoms with Crippen LogP contribution in [0.2, 0.25) is 0 Å². The molecule has 2 N–H and O–H groups in total. The van der Waals surface area contributed by atoms with Crippen molar-refractivity contribution in [2.45, 2.75) is 46.1 Å². The minimum absolute atomic E-state index is 0.0934. The molecule has 0 radical (unpaired) electrons. The summed E-state index contributed by atoms with van der Waals surface area (Å²) in [4.78, 5) is 17.4. The first-order chi connectivity index (χ1) is 10.0. The maximum Gasteiger partial charge on any atom is 0.315 e. The number of urea groups is 1. The van der Waals surface area contributed by atoms with E-state index < -0.39 is 0 Å². The molecule has 5 nitrogen and oxygen atoms in total. The van der Waals surface area contributed by atoms with E-state index in [2.05, 4.69) is 15.6 Å². The molecule has 6 heteroatoms. The summed E-state index contributed by atoms with van der Waals surface area (Å²) < 4.78 is 5.17. The van der Waals surface area contributed by atoms with E-state index in [0.29, 0.717) is 6.54 Å². The largest absolute Gasteiger partial charge is 0.385 e. The van der Waals surface area contributed by atoms with Crippen molar-refractivity contribution in [3.05, 3.63) is 15.6 Å². The summed E-state index contributed by atoms with van der Waals surface area (Å²) in [5, 5.41) is 6.97. The van der Waals surface area contributed by atoms with Gasteiger partial charge in [-0.3, -0.25) is 0 Å². The number of carbonyl (C=O) groups is 1. The van der Waals surface area contributed by atoms with Crippen molar-refractivity contribution in [1.29, 1.82) is 0 Å². The van der Waals surface area contributed by atoms with E-state index in [4.69, 9.17) is 4.74 Å². The lowest BCUT2D eigenvalue weighted by atomic mass is 9.67. The second-order valence-electron chi connectivity index (χ2n) is 5.87. The van der Waals surface area contributed by atoms with Gasteiger partial charge in [-0.2, -0.15) is 0 Å². The molecule has 1 aromatic heterocycles. The molecule has 0 saturated heterocycles. The first-order valence-electron chi connectivity index (χ1n) is 7.48. The third-order valence-electron chi connectivity index (χ3n) is 4.28. The average Bonchev–Trinajstić information content (AvgIpc) is 2.73. The van der Waals surface area contributed by atoms with Crippen molar-refractivity contribution in [1.82, 2.24) is 15.6 Å². The lowest BCUT2D eigenvalue weighted by molar-refractivity contribution is 0.0712. The smallest absolute Gasteiger partial charge is 0.315 e. The van der Waals surface area contributed by atoms with Crippen LogP contribution in [0.5, 0.6) is 0 Å². The second kappa shape index (κ2) is 7.22. The molecule has 2 rings (SSSR count). The zero-order chi connectivity index (χ0) is 15.3. The average molecular weight is 311 g/mol. The molecule has 118 valence electrons. The third-order valence-corrected chi connectivity index (χ3v) is 5.36. The lowest BCUT2D eigenvalue weighted by Crippen LogP contribution is -2.45. The van der Waals surface area contributed by atoms with E-state index in [1.165, 1.54) is 19.3 Å². The van der Waals surface area contributed by atoms with Crippen molar-refractivity contribution in [3.63, 3.8) is 0 Å². The number of thiazole rings is 1. The van der Waals surface area contributed by atoms with E-state index >= 15 is 0 Å². The summed E-state index contributed by atoms with van der Waals surface area (Å²) in [5.41, 5.74) is 1.26. The number of aromatic nitrogens is 1. The first-order valence-corrected chi connectivity index (χ1v) is 8.30. The van der Waals surface area contributed by atoms with Crippen LogP contribution in [0, 0.1) is 19.3 Å². The highest BCUT2D eigenvalue weighted by molar-refractivity contribution is 7.11. The molecule has 0 aromatic carbocycles. The summed E-state index contributed by atoms with van der Waals surface area (Å²) >= 11 is 1.64. The predicted octanol–water partition coefficient (Wildman–Crippen LogP) is 2.77. The Morgan fingerprint density at radius 1 is 1.38 bits per heavy atom. The molecule has 1 saturated carbocycles. The van der Waals surface area contributed by atoms with Crippen molar-refractivity contribution in [2.24, 2.45) is 5.41 Å². The van der Waals surface area contributed by atoms with Gasteiger partial charge in [0.1, 0.15) is 0 Å². The molecule has 1 aromatic rings. The predicted molar refractivity (Wildman–Crippen MR) is 84.6 cm³/mol. The van der Waals surface area contributed by atoms with Crippen LogP contribution < -0.4 is 10.6 Å². The van der Waals surface area contributed by atoms with Gasteiger partial charge in [-0.25, -0.2) is 9.78 Å². The van der Waals surface area contributed by atoms with Gasteiger partial charge in [0.25, 0.3) is 0 Å². The van der Waals surface area contributed by atoms with Crippen molar-refractivity contribution in [2.75, 3.05) is 20.3 Å². The van der Waals surface area contributed by atoms with Crippen molar-refractivity contribution < 1.29 is 9.53 Å². The minimum Gasteiger partial charge on any atom is -0.385 e. The maximum atomic E-state index is 11.9. The van der Waals surface area contributed by atoms with Gasteiger partial charge >= 0.3 is 6.03 Å². The number of methoxy groups -OCH3 is 1. The molecule has 0 unspecified atom stereocenters. The molecule has 0 spiro atoms. The number of nitrogens with one attached hydrogen (secondary N) is 2. The number of ether oxygens (including phenoxy) is 1. The van der Waals surface area contributed by atoms with E-state index in [0.717, 1.165) is 35.2 Å². The SMILES string of the molecule is COCCC1(CNC(=O)NCc2sc(C)nc2C)CCC1. The second-order valence-corrected chi connectivity index (χ2v) is 7.16. The number of hydrogen-bond donors (Lipinski definition) is 2. The Morgan fingerprint density at radius 3 is 2.67 bits per heavy atom. The van der Waals surface area contributed by atoms with Crippen LogP contribution in [0.25, 0.3) is 0 Å². The van der Waals surface area contributed by atoms with Crippen LogP contribution in [0.4, 0.5) is 4.79 Å². The normalized spacial score (nSPS) is 16.3. The zero-order valence-electron chi connectivity index (χ0n) is 13.1. The van der Waals surface area contributed by atoms with Gasteiger partial charge in [-0.1, -0.05) is 6.42 Å². The van der Waals surface area contributed by atoms with Gasteiger partial charge in [0.2, 0.25) is 0 Å². The van der Waals surface area contributed by atoms with Crippen LogP contribution >= 0.6 is 11.3 Å². The molecule has 1 aliphatic rings. The number of rotatable bonds is 7. The van der Waals surface area contributed by atoms with Gasteiger partial charge in [-0.15, -0.1) is 11.3 Å². The zero-order valence-corrected chi connectivity index (χ0v) is 13.9. The number of carbonyl (C=O) groups excluding carboxylic acids is 1. The third kappa shape index (κ3) is 4.41. The quantitative estimate of drug-likeness (QED) is 0.814. The molecule has 0 atom stereocenters. The minimum atomic E-state index is -0.0934. The molecule has 0 aliphatic heterocycles. The van der Waals surface area contributed by atoms with Crippen molar-refractivity contribution >= 4 is 17.4 Å². The molecule has 1 aliphatic carbocycles. The van der Waals surface area contributed by atoms with Gasteiger partial charge in [0.05, 0.1) is 17.2 Å². The summed E-state index contributed by atoms with van der Waals surface area (Å²) in [6.45, 7) is 6.02. The number of hydrogen-bond acceptors (Lipinski definition) is 4. The maximum absolute atomic E-state index is 11.9. The molecular weight excluding hydrogens is 286 g/mol. The monoisotopic (exact) mass is 311 g/mol.